The molecule has 5 heteroatoms. The second-order valence-electron chi connectivity index (χ2n) is 5.71. The summed E-state index contributed by atoms with van der Waals surface area (Å²) in [5.74, 6) is 2.26. The van der Waals surface area contributed by atoms with Gasteiger partial charge in [-0.2, -0.15) is 4.98 Å². The zero-order chi connectivity index (χ0) is 13.4. The maximum absolute atomic E-state index is 4.55. The largest absolute Gasteiger partial charge is 0.350 e. The van der Waals surface area contributed by atoms with Gasteiger partial charge in [0.2, 0.25) is 5.95 Å². The number of fused-ring (bicyclic) bond motifs is 1. The molecule has 2 aromatic heterocycles. The molecular formula is C14H19BrN4. The summed E-state index contributed by atoms with van der Waals surface area (Å²) < 4.78 is 2.78. The average molecular weight is 323 g/mol. The minimum absolute atomic E-state index is 0.493. The van der Waals surface area contributed by atoms with Gasteiger partial charge < -0.3 is 5.32 Å². The van der Waals surface area contributed by atoms with Crippen molar-refractivity contribution in [2.45, 2.75) is 39.2 Å². The Balaban J connectivity index is 1.80. The first-order chi connectivity index (χ1) is 9.13. The molecule has 1 N–H and O–H groups in total. The van der Waals surface area contributed by atoms with E-state index < -0.39 is 0 Å². The van der Waals surface area contributed by atoms with Crippen molar-refractivity contribution < 1.29 is 0 Å². The van der Waals surface area contributed by atoms with Crippen LogP contribution in [0.2, 0.25) is 0 Å². The van der Waals surface area contributed by atoms with E-state index in [0.717, 1.165) is 22.0 Å². The third-order valence-electron chi connectivity index (χ3n) is 4.06. The smallest absolute Gasteiger partial charge is 0.243 e. The minimum Gasteiger partial charge on any atom is -0.350 e. The van der Waals surface area contributed by atoms with Gasteiger partial charge in [-0.05, 0) is 59.2 Å². The molecule has 2 heterocycles. The third-order valence-corrected chi connectivity index (χ3v) is 4.68. The van der Waals surface area contributed by atoms with Gasteiger partial charge in [-0.3, -0.25) is 0 Å². The number of halogens is 1. The van der Waals surface area contributed by atoms with Crippen LogP contribution in [0.5, 0.6) is 0 Å². The summed E-state index contributed by atoms with van der Waals surface area (Å²) in [6.45, 7) is 4.66. The summed E-state index contributed by atoms with van der Waals surface area (Å²) >= 11 is 3.50. The van der Waals surface area contributed by atoms with Gasteiger partial charge in [-0.25, -0.2) is 4.52 Å². The Kier molecular flexibility index (Phi) is 3.48. The summed E-state index contributed by atoms with van der Waals surface area (Å²) in [7, 11) is 0. The molecule has 3 unspecified atom stereocenters. The van der Waals surface area contributed by atoms with Crippen LogP contribution in [0.3, 0.4) is 0 Å². The molecule has 0 amide bonds. The maximum Gasteiger partial charge on any atom is 0.243 e. The predicted octanol–water partition coefficient (Wildman–Crippen LogP) is 3.73. The van der Waals surface area contributed by atoms with Crippen LogP contribution in [0, 0.1) is 11.8 Å². The molecule has 0 radical (unpaired) electrons. The molecule has 0 spiro atoms. The Morgan fingerprint density at radius 1 is 1.37 bits per heavy atom. The van der Waals surface area contributed by atoms with E-state index in [1.807, 2.05) is 22.8 Å². The first-order valence-electron chi connectivity index (χ1n) is 6.91. The van der Waals surface area contributed by atoms with Gasteiger partial charge in [0.1, 0.15) is 0 Å². The van der Waals surface area contributed by atoms with E-state index in [1.54, 1.807) is 0 Å². The van der Waals surface area contributed by atoms with Gasteiger partial charge >= 0.3 is 0 Å². The topological polar surface area (TPSA) is 42.2 Å². The van der Waals surface area contributed by atoms with Crippen LogP contribution in [0.15, 0.2) is 22.8 Å². The molecule has 0 aliphatic heterocycles. The highest BCUT2D eigenvalue weighted by molar-refractivity contribution is 9.10. The van der Waals surface area contributed by atoms with Crippen LogP contribution in [-0.4, -0.2) is 20.6 Å². The molecule has 4 nitrogen and oxygen atoms in total. The molecule has 0 aromatic carbocycles. The lowest BCUT2D eigenvalue weighted by Crippen LogP contribution is -2.33. The zero-order valence-electron chi connectivity index (χ0n) is 11.3. The fourth-order valence-electron chi connectivity index (χ4n) is 2.98. The van der Waals surface area contributed by atoms with Crippen LogP contribution in [-0.2, 0) is 0 Å². The monoisotopic (exact) mass is 322 g/mol. The molecule has 1 aliphatic rings. The number of nitrogens with one attached hydrogen (secondary N) is 1. The van der Waals surface area contributed by atoms with Crippen molar-refractivity contribution in [3.05, 3.63) is 22.8 Å². The summed E-state index contributed by atoms with van der Waals surface area (Å²) in [4.78, 5) is 4.55. The van der Waals surface area contributed by atoms with Crippen LogP contribution in [0.25, 0.3) is 5.65 Å². The highest BCUT2D eigenvalue weighted by Crippen LogP contribution is 2.30. The van der Waals surface area contributed by atoms with Gasteiger partial charge in [-0.1, -0.05) is 13.8 Å². The van der Waals surface area contributed by atoms with E-state index in [1.165, 1.54) is 19.3 Å². The number of hydrogen-bond donors (Lipinski definition) is 1. The van der Waals surface area contributed by atoms with E-state index in [9.17, 15) is 0 Å². The summed E-state index contributed by atoms with van der Waals surface area (Å²) in [6.07, 6.45) is 5.71. The lowest BCUT2D eigenvalue weighted by atomic mass is 9.80. The quantitative estimate of drug-likeness (QED) is 0.916. The SMILES string of the molecule is CC1CCC(Nc2nc3c(Br)cccn3n2)C(C)C1. The van der Waals surface area contributed by atoms with Crippen molar-refractivity contribution in [1.82, 2.24) is 14.6 Å². The normalized spacial score (nSPS) is 27.6. The van der Waals surface area contributed by atoms with Gasteiger partial charge in [-0.15, -0.1) is 5.10 Å². The fraction of sp³-hybridized carbons (Fsp3) is 0.571. The van der Waals surface area contributed by atoms with E-state index in [0.29, 0.717) is 12.0 Å². The molecule has 1 aliphatic carbocycles. The molecule has 102 valence electrons. The van der Waals surface area contributed by atoms with E-state index in [-0.39, 0.29) is 0 Å². The fourth-order valence-corrected chi connectivity index (χ4v) is 3.40. The average Bonchev–Trinajstić information content (AvgIpc) is 2.77. The lowest BCUT2D eigenvalue weighted by Gasteiger charge is -2.32. The second-order valence-corrected chi connectivity index (χ2v) is 6.56. The van der Waals surface area contributed by atoms with Crippen molar-refractivity contribution in [2.75, 3.05) is 5.32 Å². The van der Waals surface area contributed by atoms with Crippen LogP contribution >= 0.6 is 15.9 Å². The maximum atomic E-state index is 4.55. The van der Waals surface area contributed by atoms with E-state index >= 15 is 0 Å². The summed E-state index contributed by atoms with van der Waals surface area (Å²) in [5.41, 5.74) is 0.863. The van der Waals surface area contributed by atoms with Gasteiger partial charge in [0, 0.05) is 12.2 Å². The summed E-state index contributed by atoms with van der Waals surface area (Å²) in [5, 5.41) is 7.99. The molecular weight excluding hydrogens is 304 g/mol. The van der Waals surface area contributed by atoms with Crippen molar-refractivity contribution in [2.24, 2.45) is 11.8 Å². The van der Waals surface area contributed by atoms with Gasteiger partial charge in [0.05, 0.1) is 4.47 Å². The van der Waals surface area contributed by atoms with Gasteiger partial charge in [0.15, 0.2) is 5.65 Å². The number of nitrogens with zero attached hydrogens (tertiary/aromatic N) is 3. The number of anilines is 1. The Morgan fingerprint density at radius 2 is 2.21 bits per heavy atom. The van der Waals surface area contributed by atoms with Crippen LogP contribution in [0.1, 0.15) is 33.1 Å². The van der Waals surface area contributed by atoms with E-state index in [2.05, 4.69) is 45.2 Å². The Hall–Kier alpha value is -1.10. The minimum atomic E-state index is 0.493. The first-order valence-corrected chi connectivity index (χ1v) is 7.70. The summed E-state index contributed by atoms with van der Waals surface area (Å²) in [6, 6.07) is 4.44. The highest BCUT2D eigenvalue weighted by atomic mass is 79.9. The highest BCUT2D eigenvalue weighted by Gasteiger charge is 2.26. The van der Waals surface area contributed by atoms with Crippen LogP contribution < -0.4 is 5.32 Å². The molecule has 0 bridgehead atoms. The molecule has 0 saturated heterocycles. The molecule has 3 rings (SSSR count). The predicted molar refractivity (Wildman–Crippen MR) is 80.3 cm³/mol. The van der Waals surface area contributed by atoms with Crippen molar-refractivity contribution in [3.8, 4) is 0 Å². The molecule has 3 atom stereocenters. The number of aromatic nitrogens is 3. The number of pyridine rings is 1. The van der Waals surface area contributed by atoms with Crippen molar-refractivity contribution in [3.63, 3.8) is 0 Å². The first kappa shape index (κ1) is 12.9. The second kappa shape index (κ2) is 5.12. The Labute approximate surface area is 121 Å². The Morgan fingerprint density at radius 3 is 2.95 bits per heavy atom. The number of hydrogen-bond acceptors (Lipinski definition) is 3. The lowest BCUT2D eigenvalue weighted by molar-refractivity contribution is 0.276. The number of rotatable bonds is 2. The van der Waals surface area contributed by atoms with E-state index in [4.69, 9.17) is 0 Å². The standard InChI is InChI=1S/C14H19BrN4/c1-9-5-6-12(10(2)8-9)16-14-17-13-11(15)4-3-7-19(13)18-14/h3-4,7,9-10,12H,5-6,8H2,1-2H3,(H,16,18). The molecule has 1 fully saturated rings. The molecule has 19 heavy (non-hydrogen) atoms. The van der Waals surface area contributed by atoms with Crippen molar-refractivity contribution >= 4 is 27.5 Å². The van der Waals surface area contributed by atoms with Crippen LogP contribution in [0.4, 0.5) is 5.95 Å². The zero-order valence-corrected chi connectivity index (χ0v) is 12.9. The Bertz CT molecular complexity index is 580. The third kappa shape index (κ3) is 2.61. The molecule has 1 saturated carbocycles. The van der Waals surface area contributed by atoms with Gasteiger partial charge in [0.25, 0.3) is 0 Å². The van der Waals surface area contributed by atoms with Crippen molar-refractivity contribution in [1.29, 1.82) is 0 Å². The molecule has 2 aromatic rings.